The van der Waals surface area contributed by atoms with E-state index in [2.05, 4.69) is 0 Å². The van der Waals surface area contributed by atoms with Crippen molar-refractivity contribution in [1.29, 1.82) is 0 Å². The molecule has 0 saturated heterocycles. The molecule has 34 heavy (non-hydrogen) atoms. The van der Waals surface area contributed by atoms with Crippen molar-refractivity contribution >= 4 is 34.4 Å². The summed E-state index contributed by atoms with van der Waals surface area (Å²) in [5.41, 5.74) is 9.57. The number of aryl methyl sites for hydroxylation is 2. The fourth-order valence-electron chi connectivity index (χ4n) is 4.29. The fourth-order valence-corrected chi connectivity index (χ4v) is 4.29. The summed E-state index contributed by atoms with van der Waals surface area (Å²) < 4.78 is 18.8. The van der Waals surface area contributed by atoms with Crippen molar-refractivity contribution in [2.24, 2.45) is 5.73 Å². The van der Waals surface area contributed by atoms with Crippen LogP contribution in [0.25, 0.3) is 10.9 Å². The quantitative estimate of drug-likeness (QED) is 0.539. The summed E-state index contributed by atoms with van der Waals surface area (Å²) in [7, 11) is 0. The molecule has 0 bridgehead atoms. The maximum absolute atomic E-state index is 13.3. The number of aromatic nitrogens is 1. The topological polar surface area (TPSA) is 103 Å². The van der Waals surface area contributed by atoms with E-state index in [0.717, 1.165) is 48.0 Å². The van der Waals surface area contributed by atoms with E-state index in [1.165, 1.54) is 29.2 Å². The lowest BCUT2D eigenvalue weighted by Crippen LogP contribution is -2.37. The number of hydrogen-bond donors (Lipinski definition) is 1. The highest BCUT2D eigenvalue weighted by atomic mass is 19.1. The molecule has 0 spiro atoms. The lowest BCUT2D eigenvalue weighted by Gasteiger charge is -2.23. The smallest absolute Gasteiger partial charge is 0.339 e. The van der Waals surface area contributed by atoms with Crippen LogP contribution < -0.4 is 10.6 Å². The van der Waals surface area contributed by atoms with Gasteiger partial charge >= 0.3 is 5.97 Å². The Hall–Kier alpha value is -3.81. The minimum atomic E-state index is -0.585. The summed E-state index contributed by atoms with van der Waals surface area (Å²) in [6.45, 7) is 1.40. The Balaban J connectivity index is 1.59. The van der Waals surface area contributed by atoms with Crippen LogP contribution in [-0.2, 0) is 27.2 Å². The highest BCUT2D eigenvalue weighted by Gasteiger charge is 2.25. The number of rotatable bonds is 7. The van der Waals surface area contributed by atoms with Crippen LogP contribution in [0.15, 0.2) is 42.5 Å². The summed E-state index contributed by atoms with van der Waals surface area (Å²) in [4.78, 5) is 43.5. The molecule has 8 heteroatoms. The maximum Gasteiger partial charge on any atom is 0.339 e. The molecule has 1 heterocycles. The third-order valence-corrected chi connectivity index (χ3v) is 5.97. The first-order valence-electron chi connectivity index (χ1n) is 11.3. The molecular weight excluding hydrogens is 437 g/mol. The Labute approximate surface area is 196 Å². The predicted molar refractivity (Wildman–Crippen MR) is 126 cm³/mol. The van der Waals surface area contributed by atoms with Crippen LogP contribution in [0, 0.1) is 12.7 Å². The predicted octanol–water partition coefficient (Wildman–Crippen LogP) is 3.63. The first kappa shape index (κ1) is 23.4. The Morgan fingerprint density at radius 2 is 1.82 bits per heavy atom. The van der Waals surface area contributed by atoms with Crippen LogP contribution in [0.2, 0.25) is 0 Å². The van der Waals surface area contributed by atoms with Crippen LogP contribution in [0.5, 0.6) is 0 Å². The summed E-state index contributed by atoms with van der Waals surface area (Å²) in [5.74, 6) is -2.16. The van der Waals surface area contributed by atoms with Gasteiger partial charge in [0.05, 0.1) is 11.1 Å². The molecule has 0 saturated carbocycles. The molecule has 1 aliphatic carbocycles. The van der Waals surface area contributed by atoms with Crippen molar-refractivity contribution in [2.75, 3.05) is 18.1 Å². The number of nitrogens with zero attached hydrogens (tertiary/aromatic N) is 2. The SMILES string of the molecule is Cc1ccc2nc3c(c(C(=O)OCC(=O)N(CCC(N)=O)c4ccc(F)cc4)c2c1)CCCC3. The number of primary amides is 1. The third-order valence-electron chi connectivity index (χ3n) is 5.97. The van der Waals surface area contributed by atoms with Gasteiger partial charge in [-0.1, -0.05) is 11.6 Å². The standard InChI is InChI=1S/C26H26FN3O4/c1-16-6-11-22-20(14-16)25(19-4-2-3-5-21(19)29-22)26(33)34-15-24(32)30(13-12-23(28)31)18-9-7-17(27)8-10-18/h6-11,14H,2-5,12-13,15H2,1H3,(H2,28,31). The minimum Gasteiger partial charge on any atom is -0.452 e. The zero-order valence-corrected chi connectivity index (χ0v) is 19.0. The second-order valence-electron chi connectivity index (χ2n) is 8.45. The van der Waals surface area contributed by atoms with E-state index in [1.807, 2.05) is 25.1 Å². The van der Waals surface area contributed by atoms with Gasteiger partial charge in [0, 0.05) is 29.7 Å². The highest BCUT2D eigenvalue weighted by molar-refractivity contribution is 6.06. The summed E-state index contributed by atoms with van der Waals surface area (Å²) in [5, 5.41) is 0.710. The number of nitrogens with two attached hydrogens (primary N) is 1. The fraction of sp³-hybridized carbons (Fsp3) is 0.308. The van der Waals surface area contributed by atoms with Gasteiger partial charge in [0.25, 0.3) is 5.91 Å². The van der Waals surface area contributed by atoms with Crippen LogP contribution >= 0.6 is 0 Å². The normalized spacial score (nSPS) is 12.8. The van der Waals surface area contributed by atoms with Crippen molar-refractivity contribution in [2.45, 2.75) is 39.0 Å². The average molecular weight is 464 g/mol. The molecule has 4 rings (SSSR count). The molecule has 2 N–H and O–H groups in total. The second kappa shape index (κ2) is 9.99. The number of hydrogen-bond acceptors (Lipinski definition) is 5. The van der Waals surface area contributed by atoms with E-state index in [1.54, 1.807) is 0 Å². The first-order valence-corrected chi connectivity index (χ1v) is 11.3. The molecule has 0 unspecified atom stereocenters. The number of carbonyl (C=O) groups is 3. The lowest BCUT2D eigenvalue weighted by molar-refractivity contribution is -0.121. The summed E-state index contributed by atoms with van der Waals surface area (Å²) >= 11 is 0. The Morgan fingerprint density at radius 3 is 2.56 bits per heavy atom. The number of esters is 1. The number of benzene rings is 2. The Bertz CT molecular complexity index is 1260. The molecule has 0 fully saturated rings. The van der Waals surface area contributed by atoms with Gasteiger partial charge in [-0.05, 0) is 74.6 Å². The van der Waals surface area contributed by atoms with E-state index in [-0.39, 0.29) is 13.0 Å². The number of pyridine rings is 1. The zero-order chi connectivity index (χ0) is 24.2. The second-order valence-corrected chi connectivity index (χ2v) is 8.45. The minimum absolute atomic E-state index is 0.00979. The van der Waals surface area contributed by atoms with E-state index in [9.17, 15) is 18.8 Å². The number of halogens is 1. The van der Waals surface area contributed by atoms with Crippen molar-refractivity contribution < 1.29 is 23.5 Å². The van der Waals surface area contributed by atoms with Gasteiger partial charge in [-0.2, -0.15) is 0 Å². The summed E-state index contributed by atoms with van der Waals surface area (Å²) in [6, 6.07) is 11.0. The number of fused-ring (bicyclic) bond motifs is 2. The first-order chi connectivity index (χ1) is 16.3. The molecule has 0 atom stereocenters. The molecule has 2 aromatic carbocycles. The number of anilines is 1. The molecule has 0 aliphatic heterocycles. The van der Waals surface area contributed by atoms with E-state index >= 15 is 0 Å². The molecule has 7 nitrogen and oxygen atoms in total. The van der Waals surface area contributed by atoms with E-state index < -0.39 is 30.2 Å². The van der Waals surface area contributed by atoms with Crippen molar-refractivity contribution in [3.8, 4) is 0 Å². The van der Waals surface area contributed by atoms with Crippen molar-refractivity contribution in [3.05, 3.63) is 70.7 Å². The number of amides is 2. The van der Waals surface area contributed by atoms with Gasteiger partial charge in [0.1, 0.15) is 5.82 Å². The van der Waals surface area contributed by atoms with Gasteiger partial charge < -0.3 is 15.4 Å². The zero-order valence-electron chi connectivity index (χ0n) is 19.0. The molecule has 2 amide bonds. The molecule has 176 valence electrons. The largest absolute Gasteiger partial charge is 0.452 e. The van der Waals surface area contributed by atoms with Crippen molar-refractivity contribution in [1.82, 2.24) is 4.98 Å². The average Bonchev–Trinajstić information content (AvgIpc) is 2.82. The number of ether oxygens (including phenoxy) is 1. The van der Waals surface area contributed by atoms with Crippen LogP contribution in [0.1, 0.15) is 46.4 Å². The monoisotopic (exact) mass is 463 g/mol. The van der Waals surface area contributed by atoms with Gasteiger partial charge in [-0.15, -0.1) is 0 Å². The van der Waals surface area contributed by atoms with Gasteiger partial charge in [-0.25, -0.2) is 9.18 Å². The van der Waals surface area contributed by atoms with E-state index in [0.29, 0.717) is 16.6 Å². The molecule has 1 aliphatic rings. The molecular formula is C26H26FN3O4. The Kier molecular flexibility index (Phi) is 6.86. The van der Waals surface area contributed by atoms with Crippen LogP contribution in [-0.4, -0.2) is 35.9 Å². The maximum atomic E-state index is 13.3. The molecule has 1 aromatic heterocycles. The Morgan fingerprint density at radius 1 is 1.09 bits per heavy atom. The van der Waals surface area contributed by atoms with Crippen LogP contribution in [0.3, 0.4) is 0 Å². The van der Waals surface area contributed by atoms with Gasteiger partial charge in [-0.3, -0.25) is 14.6 Å². The highest BCUT2D eigenvalue weighted by Crippen LogP contribution is 2.30. The molecule has 3 aromatic rings. The van der Waals surface area contributed by atoms with E-state index in [4.69, 9.17) is 15.5 Å². The number of carbonyl (C=O) groups excluding carboxylic acids is 3. The van der Waals surface area contributed by atoms with Crippen molar-refractivity contribution in [3.63, 3.8) is 0 Å². The summed E-state index contributed by atoms with van der Waals surface area (Å²) in [6.07, 6.45) is 3.40. The third kappa shape index (κ3) is 5.06. The van der Waals surface area contributed by atoms with Gasteiger partial charge in [0.2, 0.25) is 5.91 Å². The molecule has 0 radical (unpaired) electrons. The van der Waals surface area contributed by atoms with Crippen LogP contribution in [0.4, 0.5) is 10.1 Å². The van der Waals surface area contributed by atoms with Gasteiger partial charge in [0.15, 0.2) is 6.61 Å². The lowest BCUT2D eigenvalue weighted by atomic mass is 9.89.